The van der Waals surface area contributed by atoms with Crippen LogP contribution in [0.5, 0.6) is 0 Å². The zero-order valence-corrected chi connectivity index (χ0v) is 15.9. The molecule has 27 heavy (non-hydrogen) atoms. The number of nitrogens with zero attached hydrogens (tertiary/aromatic N) is 2. The molecule has 0 radical (unpaired) electrons. The zero-order chi connectivity index (χ0) is 19.9. The number of halogens is 1. The van der Waals surface area contributed by atoms with Crippen LogP contribution in [-0.2, 0) is 5.41 Å². The quantitative estimate of drug-likeness (QED) is 0.635. The molecule has 1 amide bonds. The standard InChI is InChI=1S/C19H19ClN4O3/c1-9-10(6-11(20)17(23-9)19(2,3)8-25)13-7-14(26)15-12(24-13)4-5-22-16(15)18(21)27/h4-7,25H,8H2,1-3H3,(H2,21,27)(H,24,26). The number of pyridine rings is 3. The zero-order valence-electron chi connectivity index (χ0n) is 15.1. The summed E-state index contributed by atoms with van der Waals surface area (Å²) in [6, 6.07) is 4.68. The highest BCUT2D eigenvalue weighted by Gasteiger charge is 2.26. The third kappa shape index (κ3) is 3.31. The van der Waals surface area contributed by atoms with Crippen molar-refractivity contribution >= 4 is 28.4 Å². The molecule has 0 bridgehead atoms. The van der Waals surface area contributed by atoms with Crippen LogP contribution < -0.4 is 11.2 Å². The number of carbonyl (C=O) groups is 1. The first-order chi connectivity index (χ1) is 12.7. The highest BCUT2D eigenvalue weighted by Crippen LogP contribution is 2.32. The number of primary amides is 1. The van der Waals surface area contributed by atoms with Crippen LogP contribution in [0.1, 0.15) is 35.7 Å². The molecule has 0 unspecified atom stereocenters. The van der Waals surface area contributed by atoms with Crippen molar-refractivity contribution < 1.29 is 9.90 Å². The molecule has 0 saturated carbocycles. The highest BCUT2D eigenvalue weighted by molar-refractivity contribution is 6.31. The number of fused-ring (bicyclic) bond motifs is 1. The minimum absolute atomic E-state index is 0.0757. The molecule has 3 rings (SSSR count). The largest absolute Gasteiger partial charge is 0.395 e. The minimum atomic E-state index is -0.768. The number of nitrogens with one attached hydrogen (secondary N) is 1. The summed E-state index contributed by atoms with van der Waals surface area (Å²) in [7, 11) is 0. The second-order valence-corrected chi connectivity index (χ2v) is 7.39. The van der Waals surface area contributed by atoms with Crippen LogP contribution in [0.15, 0.2) is 29.2 Å². The number of rotatable bonds is 4. The summed E-state index contributed by atoms with van der Waals surface area (Å²) < 4.78 is 0. The molecule has 0 aliphatic carbocycles. The maximum atomic E-state index is 12.6. The van der Waals surface area contributed by atoms with E-state index >= 15 is 0 Å². The van der Waals surface area contributed by atoms with Crippen molar-refractivity contribution in [1.29, 1.82) is 0 Å². The van der Waals surface area contributed by atoms with Gasteiger partial charge in [-0.3, -0.25) is 19.6 Å². The van der Waals surface area contributed by atoms with E-state index in [2.05, 4.69) is 15.0 Å². The minimum Gasteiger partial charge on any atom is -0.395 e. The van der Waals surface area contributed by atoms with Crippen LogP contribution in [0, 0.1) is 6.92 Å². The first-order valence-corrected chi connectivity index (χ1v) is 8.64. The fourth-order valence-corrected chi connectivity index (χ4v) is 3.34. The van der Waals surface area contributed by atoms with Crippen molar-refractivity contribution in [2.75, 3.05) is 6.61 Å². The molecule has 0 atom stereocenters. The van der Waals surface area contributed by atoms with E-state index in [9.17, 15) is 14.7 Å². The van der Waals surface area contributed by atoms with Gasteiger partial charge in [0.25, 0.3) is 5.91 Å². The van der Waals surface area contributed by atoms with Gasteiger partial charge < -0.3 is 15.8 Å². The Morgan fingerprint density at radius 1 is 1.37 bits per heavy atom. The maximum Gasteiger partial charge on any atom is 0.268 e. The number of aliphatic hydroxyl groups is 1. The number of aromatic nitrogens is 3. The number of aromatic amines is 1. The van der Waals surface area contributed by atoms with Gasteiger partial charge in [-0.1, -0.05) is 25.4 Å². The predicted molar refractivity (Wildman–Crippen MR) is 104 cm³/mol. The Morgan fingerprint density at radius 3 is 2.70 bits per heavy atom. The summed E-state index contributed by atoms with van der Waals surface area (Å²) in [6.45, 7) is 5.38. The Hall–Kier alpha value is -2.77. The molecule has 0 aromatic carbocycles. The lowest BCUT2D eigenvalue weighted by atomic mass is 9.89. The number of amides is 1. The summed E-state index contributed by atoms with van der Waals surface area (Å²) in [5.74, 6) is -0.768. The Kier molecular flexibility index (Phi) is 4.75. The van der Waals surface area contributed by atoms with Gasteiger partial charge in [0.2, 0.25) is 0 Å². The Morgan fingerprint density at radius 2 is 2.07 bits per heavy atom. The van der Waals surface area contributed by atoms with Crippen molar-refractivity contribution in [2.24, 2.45) is 5.73 Å². The summed E-state index contributed by atoms with van der Waals surface area (Å²) in [6.07, 6.45) is 1.41. The normalized spacial score (nSPS) is 11.7. The van der Waals surface area contributed by atoms with E-state index in [1.165, 1.54) is 12.3 Å². The molecule has 4 N–H and O–H groups in total. The topological polar surface area (TPSA) is 122 Å². The van der Waals surface area contributed by atoms with E-state index in [1.54, 1.807) is 19.1 Å². The summed E-state index contributed by atoms with van der Waals surface area (Å²) in [4.78, 5) is 35.7. The number of hydrogen-bond acceptors (Lipinski definition) is 5. The number of aliphatic hydroxyl groups excluding tert-OH is 1. The molecular formula is C19H19ClN4O3. The summed E-state index contributed by atoms with van der Waals surface area (Å²) in [5, 5.41) is 10.1. The molecule has 0 saturated heterocycles. The second-order valence-electron chi connectivity index (χ2n) is 6.99. The maximum absolute atomic E-state index is 12.6. The van der Waals surface area contributed by atoms with Crippen molar-refractivity contribution in [1.82, 2.24) is 15.0 Å². The van der Waals surface area contributed by atoms with Crippen LogP contribution in [-0.4, -0.2) is 32.6 Å². The van der Waals surface area contributed by atoms with Crippen LogP contribution in [0.25, 0.3) is 22.2 Å². The lowest BCUT2D eigenvalue weighted by Gasteiger charge is -2.23. The van der Waals surface area contributed by atoms with Gasteiger partial charge in [0.1, 0.15) is 5.69 Å². The fourth-order valence-electron chi connectivity index (χ4n) is 2.93. The molecular weight excluding hydrogens is 368 g/mol. The van der Waals surface area contributed by atoms with Gasteiger partial charge in [-0.05, 0) is 19.1 Å². The highest BCUT2D eigenvalue weighted by atomic mass is 35.5. The Bertz CT molecular complexity index is 1120. The van der Waals surface area contributed by atoms with Crippen LogP contribution in [0.2, 0.25) is 5.02 Å². The van der Waals surface area contributed by atoms with Gasteiger partial charge in [0.15, 0.2) is 5.43 Å². The molecule has 0 aliphatic heterocycles. The lowest BCUT2D eigenvalue weighted by molar-refractivity contribution is 0.0997. The lowest BCUT2D eigenvalue weighted by Crippen LogP contribution is -2.24. The van der Waals surface area contributed by atoms with E-state index in [4.69, 9.17) is 17.3 Å². The molecule has 0 spiro atoms. The first kappa shape index (κ1) is 19.0. The average Bonchev–Trinajstić information content (AvgIpc) is 2.62. The number of aryl methyl sites for hydroxylation is 1. The monoisotopic (exact) mass is 386 g/mol. The molecule has 140 valence electrons. The fraction of sp³-hybridized carbons (Fsp3) is 0.263. The predicted octanol–water partition coefficient (Wildman–Crippen LogP) is 2.32. The van der Waals surface area contributed by atoms with Gasteiger partial charge in [0, 0.05) is 28.9 Å². The molecule has 7 nitrogen and oxygen atoms in total. The van der Waals surface area contributed by atoms with Gasteiger partial charge in [-0.2, -0.15) is 0 Å². The molecule has 0 aliphatic rings. The van der Waals surface area contributed by atoms with E-state index in [0.717, 1.165) is 0 Å². The smallest absolute Gasteiger partial charge is 0.268 e. The van der Waals surface area contributed by atoms with Crippen LogP contribution in [0.4, 0.5) is 0 Å². The number of hydrogen-bond donors (Lipinski definition) is 3. The Balaban J connectivity index is 2.24. The number of H-pyrrole nitrogens is 1. The van der Waals surface area contributed by atoms with Crippen molar-refractivity contribution in [3.05, 3.63) is 56.7 Å². The van der Waals surface area contributed by atoms with Crippen LogP contribution >= 0.6 is 11.6 Å². The number of nitrogens with two attached hydrogens (primary N) is 1. The van der Waals surface area contributed by atoms with E-state index < -0.39 is 11.3 Å². The van der Waals surface area contributed by atoms with Gasteiger partial charge in [-0.25, -0.2) is 0 Å². The summed E-state index contributed by atoms with van der Waals surface area (Å²) in [5.41, 5.74) is 7.08. The van der Waals surface area contributed by atoms with Crippen molar-refractivity contribution in [3.8, 4) is 11.3 Å². The van der Waals surface area contributed by atoms with E-state index in [0.29, 0.717) is 33.2 Å². The van der Waals surface area contributed by atoms with Gasteiger partial charge >= 0.3 is 0 Å². The van der Waals surface area contributed by atoms with E-state index in [1.807, 2.05) is 13.8 Å². The molecule has 3 heterocycles. The Labute approximate surface area is 160 Å². The SMILES string of the molecule is Cc1nc(C(C)(C)CO)c(Cl)cc1-c1cc(=O)c2c(C(N)=O)nccc2[nH]1. The van der Waals surface area contributed by atoms with Crippen molar-refractivity contribution in [2.45, 2.75) is 26.2 Å². The third-order valence-corrected chi connectivity index (χ3v) is 4.76. The molecule has 0 fully saturated rings. The molecule has 3 aromatic rings. The third-order valence-electron chi connectivity index (χ3n) is 4.47. The summed E-state index contributed by atoms with van der Waals surface area (Å²) >= 11 is 6.40. The average molecular weight is 387 g/mol. The molecule has 8 heteroatoms. The van der Waals surface area contributed by atoms with Crippen molar-refractivity contribution in [3.63, 3.8) is 0 Å². The number of carbonyl (C=O) groups excluding carboxylic acids is 1. The van der Waals surface area contributed by atoms with Crippen LogP contribution in [0.3, 0.4) is 0 Å². The second kappa shape index (κ2) is 6.75. The van der Waals surface area contributed by atoms with Gasteiger partial charge in [0.05, 0.1) is 33.9 Å². The van der Waals surface area contributed by atoms with Gasteiger partial charge in [-0.15, -0.1) is 0 Å². The molecule has 3 aromatic heterocycles. The first-order valence-electron chi connectivity index (χ1n) is 8.26. The van der Waals surface area contributed by atoms with E-state index in [-0.39, 0.29) is 23.1 Å².